The highest BCUT2D eigenvalue weighted by Crippen LogP contribution is 2.30. The van der Waals surface area contributed by atoms with E-state index in [-0.39, 0.29) is 5.57 Å². The molecule has 5 nitrogen and oxygen atoms in total. The van der Waals surface area contributed by atoms with E-state index in [1.807, 2.05) is 30.3 Å². The fraction of sp³-hybridized carbons (Fsp3) is 0. The van der Waals surface area contributed by atoms with E-state index in [1.165, 1.54) is 0 Å². The molecular weight excluding hydrogens is 276 g/mol. The molecule has 2 aromatic carbocycles. The maximum atomic E-state index is 12.3. The molecule has 1 amide bonds. The van der Waals surface area contributed by atoms with Gasteiger partial charge in [-0.05, 0) is 12.1 Å². The summed E-state index contributed by atoms with van der Waals surface area (Å²) in [6.07, 6.45) is 0. The van der Waals surface area contributed by atoms with E-state index in [0.717, 1.165) is 5.56 Å². The summed E-state index contributed by atoms with van der Waals surface area (Å²) >= 11 is 0. The van der Waals surface area contributed by atoms with Crippen molar-refractivity contribution in [2.24, 2.45) is 10.7 Å². The molecule has 106 valence electrons. The average molecular weight is 288 g/mol. The smallest absolute Gasteiger partial charge is 0.268 e. The van der Waals surface area contributed by atoms with Gasteiger partial charge < -0.3 is 11.1 Å². The van der Waals surface area contributed by atoms with Crippen molar-refractivity contribution in [2.75, 3.05) is 5.32 Å². The van der Waals surface area contributed by atoms with Crippen LogP contribution in [0.1, 0.15) is 11.1 Å². The Kier molecular flexibility index (Phi) is 3.42. The Morgan fingerprint density at radius 2 is 1.68 bits per heavy atom. The van der Waals surface area contributed by atoms with Crippen LogP contribution in [0.15, 0.2) is 65.2 Å². The molecule has 1 aliphatic heterocycles. The van der Waals surface area contributed by atoms with Crippen LogP contribution in [0.25, 0.3) is 5.70 Å². The fourth-order valence-electron chi connectivity index (χ4n) is 2.27. The molecule has 0 aromatic heterocycles. The lowest BCUT2D eigenvalue weighted by atomic mass is 10.0. The number of benzene rings is 2. The van der Waals surface area contributed by atoms with Gasteiger partial charge in [0, 0.05) is 16.8 Å². The number of para-hydroxylation sites is 1. The molecule has 2 aromatic rings. The molecule has 0 bridgehead atoms. The number of carbonyl (C=O) groups is 1. The molecule has 0 radical (unpaired) electrons. The first-order valence-electron chi connectivity index (χ1n) is 6.65. The normalized spacial score (nSPS) is 14.6. The SMILES string of the molecule is N#CC(C(=O)Nc1ccccc1)=C1N=C(N)c2ccccc21. The zero-order valence-corrected chi connectivity index (χ0v) is 11.6. The lowest BCUT2D eigenvalue weighted by Gasteiger charge is -2.06. The van der Waals surface area contributed by atoms with Crippen LogP contribution in [-0.4, -0.2) is 11.7 Å². The molecule has 0 atom stereocenters. The average Bonchev–Trinajstić information content (AvgIpc) is 2.87. The summed E-state index contributed by atoms with van der Waals surface area (Å²) in [5, 5.41) is 12.1. The van der Waals surface area contributed by atoms with E-state index in [0.29, 0.717) is 22.8 Å². The molecule has 5 heteroatoms. The van der Waals surface area contributed by atoms with Gasteiger partial charge in [-0.3, -0.25) is 4.79 Å². The van der Waals surface area contributed by atoms with Gasteiger partial charge in [0.05, 0.1) is 5.70 Å². The van der Waals surface area contributed by atoms with Crippen molar-refractivity contribution >= 4 is 23.1 Å². The summed E-state index contributed by atoms with van der Waals surface area (Å²) in [6.45, 7) is 0. The minimum absolute atomic E-state index is 0.0586. The highest BCUT2D eigenvalue weighted by Gasteiger charge is 2.24. The Balaban J connectivity index is 2.02. The Morgan fingerprint density at radius 1 is 1.05 bits per heavy atom. The first kappa shape index (κ1) is 13.6. The number of nitrogens with zero attached hydrogens (tertiary/aromatic N) is 2. The highest BCUT2D eigenvalue weighted by molar-refractivity contribution is 6.17. The predicted molar refractivity (Wildman–Crippen MR) is 84.8 cm³/mol. The molecule has 0 spiro atoms. The van der Waals surface area contributed by atoms with Crippen LogP contribution < -0.4 is 11.1 Å². The van der Waals surface area contributed by atoms with Gasteiger partial charge in [0.15, 0.2) is 0 Å². The van der Waals surface area contributed by atoms with Crippen LogP contribution in [0.3, 0.4) is 0 Å². The van der Waals surface area contributed by atoms with Crippen molar-refractivity contribution in [3.05, 3.63) is 71.3 Å². The highest BCUT2D eigenvalue weighted by atomic mass is 16.1. The summed E-state index contributed by atoms with van der Waals surface area (Å²) in [6, 6.07) is 18.1. The number of anilines is 1. The second-order valence-electron chi connectivity index (χ2n) is 4.70. The third-order valence-corrected chi connectivity index (χ3v) is 3.30. The molecule has 0 fully saturated rings. The van der Waals surface area contributed by atoms with Crippen LogP contribution >= 0.6 is 0 Å². The van der Waals surface area contributed by atoms with Crippen molar-refractivity contribution in [1.29, 1.82) is 5.26 Å². The molecule has 3 N–H and O–H groups in total. The van der Waals surface area contributed by atoms with Crippen LogP contribution in [0.5, 0.6) is 0 Å². The monoisotopic (exact) mass is 288 g/mol. The first-order valence-corrected chi connectivity index (χ1v) is 6.65. The maximum absolute atomic E-state index is 12.3. The van der Waals surface area contributed by atoms with Gasteiger partial charge in [-0.25, -0.2) is 4.99 Å². The van der Waals surface area contributed by atoms with Gasteiger partial charge in [0.25, 0.3) is 5.91 Å². The van der Waals surface area contributed by atoms with Crippen LogP contribution in [0, 0.1) is 11.3 Å². The zero-order chi connectivity index (χ0) is 15.5. The van der Waals surface area contributed by atoms with Gasteiger partial charge in [-0.2, -0.15) is 5.26 Å². The number of amides is 1. The Bertz CT molecular complexity index is 844. The van der Waals surface area contributed by atoms with Gasteiger partial charge >= 0.3 is 0 Å². The minimum Gasteiger partial charge on any atom is -0.383 e. The summed E-state index contributed by atoms with van der Waals surface area (Å²) < 4.78 is 0. The largest absolute Gasteiger partial charge is 0.383 e. The third-order valence-electron chi connectivity index (χ3n) is 3.30. The molecule has 1 aliphatic rings. The Morgan fingerprint density at radius 3 is 2.36 bits per heavy atom. The van der Waals surface area contributed by atoms with Crippen molar-refractivity contribution in [2.45, 2.75) is 0 Å². The molecule has 0 unspecified atom stereocenters. The number of carbonyl (C=O) groups excluding carboxylic acids is 1. The van der Waals surface area contributed by atoms with Crippen molar-refractivity contribution in [3.63, 3.8) is 0 Å². The summed E-state index contributed by atoms with van der Waals surface area (Å²) in [7, 11) is 0. The predicted octanol–water partition coefficient (Wildman–Crippen LogP) is 2.28. The lowest BCUT2D eigenvalue weighted by molar-refractivity contribution is -0.112. The molecule has 0 saturated carbocycles. The van der Waals surface area contributed by atoms with Gasteiger partial charge in [-0.15, -0.1) is 0 Å². The van der Waals surface area contributed by atoms with Crippen LogP contribution in [0.4, 0.5) is 5.69 Å². The number of aliphatic imine (C=N–C) groups is 1. The minimum atomic E-state index is -0.503. The number of rotatable bonds is 2. The number of nitrogens with two attached hydrogens (primary N) is 1. The van der Waals surface area contributed by atoms with Crippen molar-refractivity contribution < 1.29 is 4.79 Å². The maximum Gasteiger partial charge on any atom is 0.268 e. The van der Waals surface area contributed by atoms with E-state index in [1.54, 1.807) is 30.3 Å². The van der Waals surface area contributed by atoms with Crippen molar-refractivity contribution in [1.82, 2.24) is 0 Å². The molecule has 0 saturated heterocycles. The number of nitriles is 1. The summed E-state index contributed by atoms with van der Waals surface area (Å²) in [4.78, 5) is 16.5. The molecule has 0 aliphatic carbocycles. The van der Waals surface area contributed by atoms with E-state index in [9.17, 15) is 10.1 Å². The van der Waals surface area contributed by atoms with E-state index in [4.69, 9.17) is 5.73 Å². The molecular formula is C17H12N4O. The number of fused-ring (bicyclic) bond motifs is 1. The third kappa shape index (κ3) is 2.34. The summed E-state index contributed by atoms with van der Waals surface area (Å²) in [5.74, 6) is -0.192. The quantitative estimate of drug-likeness (QED) is 0.656. The number of hydrogen-bond donors (Lipinski definition) is 2. The number of amidine groups is 1. The Hall–Kier alpha value is -3.39. The first-order chi connectivity index (χ1) is 10.7. The zero-order valence-electron chi connectivity index (χ0n) is 11.6. The summed E-state index contributed by atoms with van der Waals surface area (Å²) in [5.41, 5.74) is 8.15. The van der Waals surface area contributed by atoms with E-state index >= 15 is 0 Å². The van der Waals surface area contributed by atoms with Gasteiger partial charge in [0.2, 0.25) is 0 Å². The second kappa shape index (κ2) is 5.54. The van der Waals surface area contributed by atoms with Gasteiger partial charge in [-0.1, -0.05) is 42.5 Å². The topological polar surface area (TPSA) is 91.3 Å². The van der Waals surface area contributed by atoms with E-state index in [2.05, 4.69) is 10.3 Å². The van der Waals surface area contributed by atoms with Crippen LogP contribution in [-0.2, 0) is 4.79 Å². The van der Waals surface area contributed by atoms with E-state index < -0.39 is 5.91 Å². The molecule has 3 rings (SSSR count). The Labute approximate surface area is 127 Å². The standard InChI is InChI=1S/C17H12N4O/c18-10-14(17(22)20-11-6-2-1-3-7-11)15-12-8-4-5-9-13(12)16(19)21-15/h1-9H,(H2,19,21)(H,20,22). The lowest BCUT2D eigenvalue weighted by Crippen LogP contribution is -2.14. The molecule has 1 heterocycles. The number of nitrogens with one attached hydrogen (secondary N) is 1. The van der Waals surface area contributed by atoms with Crippen molar-refractivity contribution in [3.8, 4) is 6.07 Å². The molecule has 22 heavy (non-hydrogen) atoms. The second-order valence-corrected chi connectivity index (χ2v) is 4.70. The number of hydrogen-bond acceptors (Lipinski definition) is 4. The van der Waals surface area contributed by atoms with Crippen LogP contribution in [0.2, 0.25) is 0 Å². The van der Waals surface area contributed by atoms with Gasteiger partial charge in [0.1, 0.15) is 17.5 Å². The fourth-order valence-corrected chi connectivity index (χ4v) is 2.27.